The molecule has 4 N–H and O–H groups in total. The van der Waals surface area contributed by atoms with E-state index in [4.69, 9.17) is 26.8 Å². The fraction of sp³-hybridized carbons (Fsp3) is 0.241. The van der Waals surface area contributed by atoms with Gasteiger partial charge in [0.2, 0.25) is 0 Å². The number of carbonyl (C=O) groups is 2. The van der Waals surface area contributed by atoms with Crippen molar-refractivity contribution in [2.75, 3.05) is 20.3 Å². The lowest BCUT2D eigenvalue weighted by molar-refractivity contribution is -0.130. The van der Waals surface area contributed by atoms with Crippen LogP contribution in [0, 0.1) is 12.7 Å². The van der Waals surface area contributed by atoms with Crippen LogP contribution in [0.1, 0.15) is 34.2 Å². The Labute approximate surface area is 238 Å². The van der Waals surface area contributed by atoms with Gasteiger partial charge in [-0.3, -0.25) is 9.59 Å². The van der Waals surface area contributed by atoms with Crippen LogP contribution in [0.2, 0.25) is 5.02 Å². The van der Waals surface area contributed by atoms with E-state index in [-0.39, 0.29) is 34.8 Å². The third kappa shape index (κ3) is 5.02. The van der Waals surface area contributed by atoms with Crippen LogP contribution < -0.4 is 20.5 Å². The highest BCUT2D eigenvalue weighted by Gasteiger charge is 2.49. The lowest BCUT2D eigenvalue weighted by Gasteiger charge is -2.25. The highest BCUT2D eigenvalue weighted by Crippen LogP contribution is 2.46. The Hall–Kier alpha value is -4.35. The maximum atomic E-state index is 15.7. The van der Waals surface area contributed by atoms with E-state index in [9.17, 15) is 19.1 Å². The van der Waals surface area contributed by atoms with E-state index in [0.29, 0.717) is 32.9 Å². The first-order chi connectivity index (χ1) is 19.3. The molecule has 1 unspecified atom stereocenters. The molecule has 2 atom stereocenters. The van der Waals surface area contributed by atoms with E-state index >= 15 is 4.39 Å². The molecular weight excluding hydrogens is 558 g/mol. The molecule has 212 valence electrons. The predicted octanol–water partition coefficient (Wildman–Crippen LogP) is 4.09. The van der Waals surface area contributed by atoms with Crippen LogP contribution in [0.25, 0.3) is 22.2 Å². The fourth-order valence-corrected chi connectivity index (χ4v) is 4.72. The number of nitrogens with zero attached hydrogens (tertiary/aromatic N) is 2. The van der Waals surface area contributed by atoms with Gasteiger partial charge in [-0.05, 0) is 62.4 Å². The summed E-state index contributed by atoms with van der Waals surface area (Å²) in [4.78, 5) is 34.1. The number of halogens is 3. The molecule has 0 radical (unpaired) electrons. The number of fused-ring (bicyclic) bond motifs is 2. The van der Waals surface area contributed by atoms with Gasteiger partial charge in [0.1, 0.15) is 35.0 Å². The van der Waals surface area contributed by atoms with Gasteiger partial charge >= 0.3 is 0 Å². The molecule has 0 aliphatic carbocycles. The molecular formula is C29H25ClF2N4O5. The zero-order chi connectivity index (χ0) is 29.7. The second kappa shape index (κ2) is 10.2. The lowest BCUT2D eigenvalue weighted by atomic mass is 9.91. The highest BCUT2D eigenvalue weighted by molar-refractivity contribution is 6.31. The van der Waals surface area contributed by atoms with Crippen molar-refractivity contribution in [1.29, 1.82) is 0 Å². The molecule has 0 fully saturated rings. The molecule has 0 spiro atoms. The number of amides is 2. The molecule has 12 heteroatoms. The van der Waals surface area contributed by atoms with Crippen molar-refractivity contribution in [1.82, 2.24) is 15.3 Å². The van der Waals surface area contributed by atoms with Crippen molar-refractivity contribution >= 4 is 34.3 Å². The topological polar surface area (TPSA) is 137 Å². The number of hydrogen-bond donors (Lipinski definition) is 3. The molecule has 2 aromatic heterocycles. The fourth-order valence-electron chi connectivity index (χ4n) is 4.56. The Morgan fingerprint density at radius 3 is 2.59 bits per heavy atom. The number of methoxy groups -OCH3 is 1. The molecule has 0 saturated carbocycles. The van der Waals surface area contributed by atoms with Gasteiger partial charge in [0.15, 0.2) is 5.75 Å². The zero-order valence-electron chi connectivity index (χ0n) is 22.2. The molecule has 5 rings (SSSR count). The number of hydrogen-bond acceptors (Lipinski definition) is 7. The summed E-state index contributed by atoms with van der Waals surface area (Å²) >= 11 is 6.22. The van der Waals surface area contributed by atoms with Gasteiger partial charge in [-0.2, -0.15) is 0 Å². The number of carbonyl (C=O) groups excluding carboxylic acids is 2. The standard InChI is InChI=1S/C29H25ClF2N4O5/c1-14-20(30)9-16-8-17(10-21(40-3)23(16)35-14)26(37)34-12-28(2,39)22-11-19-25(41-13-29(19,32)27(33)38)24(36-22)15-4-6-18(31)7-5-15/h4-11,39H,12-13H2,1-3H3,(H2,33,38)(H,34,37)/t28-,29?/m0/s1. The predicted molar refractivity (Wildman–Crippen MR) is 147 cm³/mol. The van der Waals surface area contributed by atoms with E-state index < -0.39 is 35.5 Å². The number of alkyl halides is 1. The number of aryl methyl sites for hydroxylation is 1. The highest BCUT2D eigenvalue weighted by atomic mass is 35.5. The van der Waals surface area contributed by atoms with Crippen molar-refractivity contribution in [2.24, 2.45) is 5.73 Å². The number of ether oxygens (including phenoxy) is 2. The number of aromatic nitrogens is 2. The van der Waals surface area contributed by atoms with Gasteiger partial charge in [-0.15, -0.1) is 0 Å². The number of nitrogens with two attached hydrogens (primary N) is 1. The summed E-state index contributed by atoms with van der Waals surface area (Å²) in [6.07, 6.45) is 0. The third-order valence-electron chi connectivity index (χ3n) is 6.96. The molecule has 9 nitrogen and oxygen atoms in total. The largest absolute Gasteiger partial charge is 0.494 e. The first-order valence-electron chi connectivity index (χ1n) is 12.4. The van der Waals surface area contributed by atoms with E-state index in [0.717, 1.165) is 0 Å². The number of nitrogens with one attached hydrogen (secondary N) is 1. The zero-order valence-corrected chi connectivity index (χ0v) is 23.0. The summed E-state index contributed by atoms with van der Waals surface area (Å²) in [7, 11) is 1.45. The summed E-state index contributed by atoms with van der Waals surface area (Å²) in [6.45, 7) is 2.08. The number of pyridine rings is 2. The van der Waals surface area contributed by atoms with Gasteiger partial charge < -0.3 is 25.6 Å². The molecule has 1 aliphatic rings. The second-order valence-electron chi connectivity index (χ2n) is 9.96. The molecule has 1 aliphatic heterocycles. The second-order valence-corrected chi connectivity index (χ2v) is 10.4. The van der Waals surface area contributed by atoms with Gasteiger partial charge in [0, 0.05) is 22.1 Å². The monoisotopic (exact) mass is 582 g/mol. The quantitative estimate of drug-likeness (QED) is 0.298. The number of aliphatic hydroxyl groups is 1. The lowest BCUT2D eigenvalue weighted by Crippen LogP contribution is -2.40. The first-order valence-corrected chi connectivity index (χ1v) is 12.8. The summed E-state index contributed by atoms with van der Waals surface area (Å²) in [5.41, 5.74) is 2.28. The van der Waals surface area contributed by atoms with Crippen molar-refractivity contribution in [3.63, 3.8) is 0 Å². The minimum absolute atomic E-state index is 0.0488. The van der Waals surface area contributed by atoms with Crippen molar-refractivity contribution in [2.45, 2.75) is 25.1 Å². The molecule has 3 heterocycles. The third-order valence-corrected chi connectivity index (χ3v) is 7.35. The van der Waals surface area contributed by atoms with E-state index in [2.05, 4.69) is 15.3 Å². The van der Waals surface area contributed by atoms with Gasteiger partial charge in [0.25, 0.3) is 17.5 Å². The Kier molecular flexibility index (Phi) is 7.04. The summed E-state index contributed by atoms with van der Waals surface area (Å²) in [5.74, 6) is -2.03. The minimum Gasteiger partial charge on any atom is -0.494 e. The van der Waals surface area contributed by atoms with Gasteiger partial charge in [-0.25, -0.2) is 18.7 Å². The van der Waals surface area contributed by atoms with Crippen LogP contribution >= 0.6 is 11.6 Å². The maximum absolute atomic E-state index is 15.7. The first kappa shape index (κ1) is 28.2. The molecule has 4 aromatic rings. The number of benzene rings is 2. The normalized spacial score (nSPS) is 17.4. The summed E-state index contributed by atoms with van der Waals surface area (Å²) < 4.78 is 40.2. The van der Waals surface area contributed by atoms with Gasteiger partial charge in [0.05, 0.1) is 30.1 Å². The number of primary amides is 1. The minimum atomic E-state index is -2.68. The Morgan fingerprint density at radius 1 is 1.22 bits per heavy atom. The van der Waals surface area contributed by atoms with E-state index in [1.165, 1.54) is 50.4 Å². The molecule has 2 amide bonds. The van der Waals surface area contributed by atoms with Crippen molar-refractivity contribution < 1.29 is 33.0 Å². The van der Waals surface area contributed by atoms with Crippen LogP contribution in [0.3, 0.4) is 0 Å². The molecule has 41 heavy (non-hydrogen) atoms. The van der Waals surface area contributed by atoms with E-state index in [1.807, 2.05) is 0 Å². The van der Waals surface area contributed by atoms with E-state index in [1.54, 1.807) is 19.1 Å². The molecule has 2 aromatic carbocycles. The van der Waals surface area contributed by atoms with Crippen LogP contribution in [0.4, 0.5) is 8.78 Å². The van der Waals surface area contributed by atoms with Crippen LogP contribution in [-0.4, -0.2) is 47.2 Å². The Balaban J connectivity index is 1.50. The average Bonchev–Trinajstić information content (AvgIpc) is 3.29. The Bertz CT molecular complexity index is 1710. The van der Waals surface area contributed by atoms with Crippen LogP contribution in [0.5, 0.6) is 11.5 Å². The van der Waals surface area contributed by atoms with Crippen LogP contribution in [-0.2, 0) is 16.1 Å². The summed E-state index contributed by atoms with van der Waals surface area (Å²) in [5, 5.41) is 15.1. The average molecular weight is 583 g/mol. The van der Waals surface area contributed by atoms with Crippen molar-refractivity contribution in [3.05, 3.63) is 81.9 Å². The summed E-state index contributed by atoms with van der Waals surface area (Å²) in [6, 6.07) is 11.1. The maximum Gasteiger partial charge on any atom is 0.263 e. The number of rotatable bonds is 7. The molecule has 0 saturated heterocycles. The molecule has 0 bridgehead atoms. The van der Waals surface area contributed by atoms with Gasteiger partial charge in [-0.1, -0.05) is 11.6 Å². The smallest absolute Gasteiger partial charge is 0.263 e. The Morgan fingerprint density at radius 2 is 1.93 bits per heavy atom. The van der Waals surface area contributed by atoms with Crippen LogP contribution in [0.15, 0.2) is 48.5 Å². The SMILES string of the molecule is COc1cc(C(=O)NC[C@](C)(O)c2cc3c(c(-c4ccc(F)cc4)n2)OCC3(F)C(N)=O)cc2cc(Cl)c(C)nc12. The van der Waals surface area contributed by atoms with Crippen molar-refractivity contribution in [3.8, 4) is 22.8 Å².